The van der Waals surface area contributed by atoms with Crippen LogP contribution >= 0.6 is 0 Å². The summed E-state index contributed by atoms with van der Waals surface area (Å²) in [6.07, 6.45) is 4.09. The van der Waals surface area contributed by atoms with Crippen molar-refractivity contribution in [2.24, 2.45) is 7.05 Å². The third-order valence-corrected chi connectivity index (χ3v) is 5.10. The van der Waals surface area contributed by atoms with Crippen molar-refractivity contribution in [2.75, 3.05) is 6.54 Å². The first-order chi connectivity index (χ1) is 12.1. The number of carboxylic acid groups (broad SMARTS) is 1. The molecule has 1 aliphatic heterocycles. The van der Waals surface area contributed by atoms with Gasteiger partial charge in [0.2, 0.25) is 0 Å². The van der Waals surface area contributed by atoms with Gasteiger partial charge >= 0.3 is 6.09 Å². The van der Waals surface area contributed by atoms with E-state index in [9.17, 15) is 9.90 Å². The molecule has 0 radical (unpaired) electrons. The van der Waals surface area contributed by atoms with Gasteiger partial charge in [-0.2, -0.15) is 0 Å². The lowest BCUT2D eigenvalue weighted by Gasteiger charge is -2.37. The fraction of sp³-hybridized carbons (Fsp3) is 0.316. The third-order valence-electron chi connectivity index (χ3n) is 5.10. The van der Waals surface area contributed by atoms with Crippen LogP contribution in [0, 0.1) is 0 Å². The lowest BCUT2D eigenvalue weighted by molar-refractivity contribution is 0.0992. The second kappa shape index (κ2) is 6.20. The third kappa shape index (κ3) is 2.73. The molecule has 2 atom stereocenters. The maximum Gasteiger partial charge on any atom is 0.407 e. The molecule has 2 aromatic heterocycles. The highest BCUT2D eigenvalue weighted by atomic mass is 16.4. The van der Waals surface area contributed by atoms with Crippen LogP contribution in [-0.2, 0) is 7.05 Å². The molecule has 0 spiro atoms. The van der Waals surface area contributed by atoms with Gasteiger partial charge in [-0.3, -0.25) is 4.98 Å². The molecule has 1 fully saturated rings. The zero-order valence-electron chi connectivity index (χ0n) is 14.0. The summed E-state index contributed by atoms with van der Waals surface area (Å²) in [6.45, 7) is 0.503. The van der Waals surface area contributed by atoms with Gasteiger partial charge in [0, 0.05) is 31.9 Å². The van der Waals surface area contributed by atoms with E-state index in [2.05, 4.69) is 15.6 Å². The number of hydrogen-bond acceptors (Lipinski definition) is 3. The summed E-state index contributed by atoms with van der Waals surface area (Å²) in [5, 5.41) is 9.58. The number of fused-ring (bicyclic) bond motifs is 1. The minimum Gasteiger partial charge on any atom is -0.465 e. The van der Waals surface area contributed by atoms with E-state index in [1.165, 1.54) is 4.90 Å². The summed E-state index contributed by atoms with van der Waals surface area (Å²) in [5.41, 5.74) is 3.03. The van der Waals surface area contributed by atoms with E-state index in [0.717, 1.165) is 35.3 Å². The van der Waals surface area contributed by atoms with Crippen molar-refractivity contribution in [1.82, 2.24) is 19.4 Å². The van der Waals surface area contributed by atoms with Gasteiger partial charge in [-0.25, -0.2) is 9.78 Å². The molecule has 6 nitrogen and oxygen atoms in total. The van der Waals surface area contributed by atoms with Crippen LogP contribution in [0.15, 0.2) is 48.8 Å². The van der Waals surface area contributed by atoms with Gasteiger partial charge in [-0.05, 0) is 36.6 Å². The molecule has 1 N–H and O–H groups in total. The highest BCUT2D eigenvalue weighted by Gasteiger charge is 2.35. The Labute approximate surface area is 145 Å². The van der Waals surface area contributed by atoms with Gasteiger partial charge < -0.3 is 14.6 Å². The molecule has 25 heavy (non-hydrogen) atoms. The predicted molar refractivity (Wildman–Crippen MR) is 94.4 cm³/mol. The molecular weight excluding hydrogens is 316 g/mol. The van der Waals surface area contributed by atoms with E-state index < -0.39 is 6.09 Å². The zero-order chi connectivity index (χ0) is 17.4. The molecule has 3 heterocycles. The summed E-state index contributed by atoms with van der Waals surface area (Å²) >= 11 is 0. The van der Waals surface area contributed by atoms with Crippen LogP contribution in [-0.4, -0.2) is 37.2 Å². The summed E-state index contributed by atoms with van der Waals surface area (Å²) in [6, 6.07) is 11.7. The largest absolute Gasteiger partial charge is 0.465 e. The number of benzene rings is 1. The lowest BCUT2D eigenvalue weighted by Crippen LogP contribution is -2.40. The highest BCUT2D eigenvalue weighted by Crippen LogP contribution is 2.39. The molecule has 3 aromatic rings. The lowest BCUT2D eigenvalue weighted by atomic mass is 9.87. The summed E-state index contributed by atoms with van der Waals surface area (Å²) in [5.74, 6) is 1.25. The van der Waals surface area contributed by atoms with Crippen molar-refractivity contribution < 1.29 is 9.90 Å². The normalized spacial score (nSPS) is 20.8. The number of aryl methyl sites for hydroxylation is 1. The van der Waals surface area contributed by atoms with Crippen LogP contribution in [0.25, 0.3) is 11.0 Å². The number of likely N-dealkylation sites (tertiary alicyclic amines) is 1. The van der Waals surface area contributed by atoms with Gasteiger partial charge in [-0.1, -0.05) is 18.2 Å². The summed E-state index contributed by atoms with van der Waals surface area (Å²) in [4.78, 5) is 22.2. The Morgan fingerprint density at radius 3 is 2.80 bits per heavy atom. The molecule has 0 bridgehead atoms. The zero-order valence-corrected chi connectivity index (χ0v) is 14.0. The Bertz CT molecular complexity index is 906. The molecule has 128 valence electrons. The van der Waals surface area contributed by atoms with Crippen molar-refractivity contribution in [3.8, 4) is 0 Å². The molecule has 1 amide bonds. The number of para-hydroxylation sites is 2. The Kier molecular flexibility index (Phi) is 3.87. The number of aromatic nitrogens is 3. The number of amides is 1. The van der Waals surface area contributed by atoms with Crippen LogP contribution in [0.4, 0.5) is 4.79 Å². The maximum absolute atomic E-state index is 11.7. The van der Waals surface area contributed by atoms with E-state index in [-0.39, 0.29) is 12.0 Å². The van der Waals surface area contributed by atoms with Crippen LogP contribution in [0.3, 0.4) is 0 Å². The Morgan fingerprint density at radius 1 is 1.24 bits per heavy atom. The van der Waals surface area contributed by atoms with E-state index >= 15 is 0 Å². The first-order valence-corrected chi connectivity index (χ1v) is 8.46. The quantitative estimate of drug-likeness (QED) is 0.776. The van der Waals surface area contributed by atoms with Crippen LogP contribution in [0.5, 0.6) is 0 Å². The molecule has 2 unspecified atom stereocenters. The van der Waals surface area contributed by atoms with E-state index in [1.54, 1.807) is 12.4 Å². The minimum atomic E-state index is -0.877. The van der Waals surface area contributed by atoms with Crippen LogP contribution in [0.2, 0.25) is 0 Å². The molecule has 4 rings (SSSR count). The molecule has 0 aliphatic carbocycles. The average Bonchev–Trinajstić information content (AvgIpc) is 2.99. The SMILES string of the molecule is Cn1c(C2CCN(C(=O)O)C(c3cccnc3)C2)nc2ccccc21. The fourth-order valence-corrected chi connectivity index (χ4v) is 3.85. The highest BCUT2D eigenvalue weighted by molar-refractivity contribution is 5.76. The molecule has 6 heteroatoms. The predicted octanol–water partition coefficient (Wildman–Crippen LogP) is 3.57. The number of piperidine rings is 1. The summed E-state index contributed by atoms with van der Waals surface area (Å²) < 4.78 is 2.14. The Morgan fingerprint density at radius 2 is 2.08 bits per heavy atom. The second-order valence-corrected chi connectivity index (χ2v) is 6.52. The van der Waals surface area contributed by atoms with Gasteiger partial charge in [0.25, 0.3) is 0 Å². The molecule has 0 saturated carbocycles. The van der Waals surface area contributed by atoms with Crippen molar-refractivity contribution in [2.45, 2.75) is 24.8 Å². The van der Waals surface area contributed by atoms with E-state index in [0.29, 0.717) is 6.54 Å². The van der Waals surface area contributed by atoms with Gasteiger partial charge in [-0.15, -0.1) is 0 Å². The van der Waals surface area contributed by atoms with Crippen molar-refractivity contribution in [3.63, 3.8) is 0 Å². The molecule has 1 aromatic carbocycles. The number of imidazole rings is 1. The number of nitrogens with zero attached hydrogens (tertiary/aromatic N) is 4. The van der Waals surface area contributed by atoms with E-state index in [1.807, 2.05) is 37.4 Å². The number of rotatable bonds is 2. The Balaban J connectivity index is 1.70. The molecule has 1 aliphatic rings. The Hall–Kier alpha value is -2.89. The fourth-order valence-electron chi connectivity index (χ4n) is 3.85. The molecule has 1 saturated heterocycles. The summed E-state index contributed by atoms with van der Waals surface area (Å²) in [7, 11) is 2.04. The number of pyridine rings is 1. The minimum absolute atomic E-state index is 0.190. The van der Waals surface area contributed by atoms with Gasteiger partial charge in [0.1, 0.15) is 5.82 Å². The van der Waals surface area contributed by atoms with Crippen molar-refractivity contribution in [1.29, 1.82) is 0 Å². The van der Waals surface area contributed by atoms with E-state index in [4.69, 9.17) is 4.98 Å². The van der Waals surface area contributed by atoms with Crippen LogP contribution < -0.4 is 0 Å². The maximum atomic E-state index is 11.7. The standard InChI is InChI=1S/C19H20N4O2/c1-22-16-7-3-2-6-15(16)21-18(22)13-8-10-23(19(24)25)17(11-13)14-5-4-9-20-12-14/h2-7,9,12-13,17H,8,10-11H2,1H3,(H,24,25). The second-order valence-electron chi connectivity index (χ2n) is 6.52. The van der Waals surface area contributed by atoms with Crippen LogP contribution in [0.1, 0.15) is 36.2 Å². The monoisotopic (exact) mass is 336 g/mol. The first kappa shape index (κ1) is 15.6. The van der Waals surface area contributed by atoms with Gasteiger partial charge in [0.05, 0.1) is 17.1 Å². The van der Waals surface area contributed by atoms with Crippen molar-refractivity contribution >= 4 is 17.1 Å². The van der Waals surface area contributed by atoms with Crippen molar-refractivity contribution in [3.05, 3.63) is 60.2 Å². The van der Waals surface area contributed by atoms with Gasteiger partial charge in [0.15, 0.2) is 0 Å². The average molecular weight is 336 g/mol. The topological polar surface area (TPSA) is 71.2 Å². The molecular formula is C19H20N4O2. The first-order valence-electron chi connectivity index (χ1n) is 8.46. The number of carbonyl (C=O) groups is 1. The smallest absolute Gasteiger partial charge is 0.407 e. The number of hydrogen-bond donors (Lipinski definition) is 1.